The number of benzene rings is 2. The number of carbonyl (C=O) groups is 1. The van der Waals surface area contributed by atoms with Crippen molar-refractivity contribution in [2.24, 2.45) is 0 Å². The second-order valence-corrected chi connectivity index (χ2v) is 8.66. The summed E-state index contributed by atoms with van der Waals surface area (Å²) < 4.78 is 37.5. The maximum Gasteiger partial charge on any atom is 0.259 e. The van der Waals surface area contributed by atoms with Gasteiger partial charge in [-0.3, -0.25) is 4.79 Å². The van der Waals surface area contributed by atoms with Crippen molar-refractivity contribution in [1.29, 1.82) is 0 Å². The minimum absolute atomic E-state index is 0.00228. The molecule has 1 fully saturated rings. The van der Waals surface area contributed by atoms with Gasteiger partial charge in [-0.05, 0) is 30.3 Å². The molecule has 2 aromatic carbocycles. The first-order valence-electron chi connectivity index (χ1n) is 8.36. The third kappa shape index (κ3) is 4.26. The first-order valence-corrected chi connectivity index (χ1v) is 10.6. The van der Waals surface area contributed by atoms with Crippen molar-refractivity contribution in [1.82, 2.24) is 4.31 Å². The van der Waals surface area contributed by atoms with Gasteiger partial charge >= 0.3 is 0 Å². The summed E-state index contributed by atoms with van der Waals surface area (Å²) in [4.78, 5) is 12.8. The second kappa shape index (κ2) is 8.67. The Hall–Kier alpha value is -1.84. The molecule has 1 aliphatic rings. The third-order valence-corrected chi connectivity index (χ3v) is 6.94. The van der Waals surface area contributed by atoms with E-state index in [9.17, 15) is 13.2 Å². The van der Waals surface area contributed by atoms with Crippen molar-refractivity contribution >= 4 is 44.8 Å². The van der Waals surface area contributed by atoms with Crippen LogP contribution in [0.15, 0.2) is 41.3 Å². The molecule has 10 heteroatoms. The Labute approximate surface area is 173 Å². The molecular weight excluding hydrogens is 427 g/mol. The van der Waals surface area contributed by atoms with Gasteiger partial charge in [0.1, 0.15) is 5.75 Å². The van der Waals surface area contributed by atoms with E-state index >= 15 is 0 Å². The summed E-state index contributed by atoms with van der Waals surface area (Å²) in [6.45, 7) is 1.17. The molecule has 7 nitrogen and oxygen atoms in total. The summed E-state index contributed by atoms with van der Waals surface area (Å²) in [5.41, 5.74) is 0.371. The molecule has 0 saturated carbocycles. The first-order chi connectivity index (χ1) is 13.3. The molecule has 0 spiro atoms. The number of hydrogen-bond donors (Lipinski definition) is 1. The van der Waals surface area contributed by atoms with Crippen LogP contribution in [-0.4, -0.2) is 52.0 Å². The fraction of sp³-hybridized carbons (Fsp3) is 0.278. The molecule has 1 N–H and O–H groups in total. The van der Waals surface area contributed by atoms with E-state index in [1.807, 2.05) is 0 Å². The number of rotatable bonds is 5. The quantitative estimate of drug-likeness (QED) is 0.764. The van der Waals surface area contributed by atoms with Crippen LogP contribution < -0.4 is 10.1 Å². The lowest BCUT2D eigenvalue weighted by atomic mass is 10.2. The smallest absolute Gasteiger partial charge is 0.259 e. The fourth-order valence-electron chi connectivity index (χ4n) is 2.75. The normalized spacial score (nSPS) is 15.2. The summed E-state index contributed by atoms with van der Waals surface area (Å²) in [7, 11) is -2.36. The molecule has 0 bridgehead atoms. The third-order valence-electron chi connectivity index (χ3n) is 4.22. The number of amides is 1. The van der Waals surface area contributed by atoms with Crippen LogP contribution in [0, 0.1) is 0 Å². The van der Waals surface area contributed by atoms with Gasteiger partial charge in [-0.15, -0.1) is 0 Å². The molecule has 0 atom stereocenters. The number of nitrogens with zero attached hydrogens (tertiary/aromatic N) is 1. The Morgan fingerprint density at radius 2 is 1.89 bits per heavy atom. The Kier molecular flexibility index (Phi) is 6.47. The first kappa shape index (κ1) is 20.9. The van der Waals surface area contributed by atoms with Gasteiger partial charge in [0.25, 0.3) is 5.91 Å². The number of ether oxygens (including phenoxy) is 2. The summed E-state index contributed by atoms with van der Waals surface area (Å²) in [5, 5.41) is 3.11. The van der Waals surface area contributed by atoms with Crippen molar-refractivity contribution in [3.05, 3.63) is 52.0 Å². The number of hydrogen-bond acceptors (Lipinski definition) is 5. The minimum atomic E-state index is -3.76. The average molecular weight is 445 g/mol. The second-order valence-electron chi connectivity index (χ2n) is 5.93. The lowest BCUT2D eigenvalue weighted by molar-refractivity contribution is 0.0730. The zero-order chi connectivity index (χ0) is 20.3. The molecule has 3 rings (SSSR count). The van der Waals surface area contributed by atoms with E-state index in [1.54, 1.807) is 18.2 Å². The van der Waals surface area contributed by atoms with E-state index in [2.05, 4.69) is 5.32 Å². The molecule has 0 unspecified atom stereocenters. The van der Waals surface area contributed by atoms with Gasteiger partial charge in [-0.1, -0.05) is 29.3 Å². The van der Waals surface area contributed by atoms with Crippen molar-refractivity contribution in [2.45, 2.75) is 4.90 Å². The van der Waals surface area contributed by atoms with Gasteiger partial charge in [-0.2, -0.15) is 4.31 Å². The Bertz CT molecular complexity index is 991. The van der Waals surface area contributed by atoms with Crippen LogP contribution >= 0.6 is 23.2 Å². The zero-order valence-electron chi connectivity index (χ0n) is 14.9. The Morgan fingerprint density at radius 1 is 1.18 bits per heavy atom. The van der Waals surface area contributed by atoms with Crippen LogP contribution in [0.1, 0.15) is 10.4 Å². The largest absolute Gasteiger partial charge is 0.496 e. The van der Waals surface area contributed by atoms with Gasteiger partial charge < -0.3 is 14.8 Å². The van der Waals surface area contributed by atoms with Crippen LogP contribution in [0.25, 0.3) is 0 Å². The molecule has 28 heavy (non-hydrogen) atoms. The SMILES string of the molecule is COc1ccc(S(=O)(=O)N2CCOCC2)cc1C(=O)Nc1cccc(Cl)c1Cl. The fourth-order valence-corrected chi connectivity index (χ4v) is 4.53. The summed E-state index contributed by atoms with van der Waals surface area (Å²) in [6, 6.07) is 8.97. The number of morpholine rings is 1. The van der Waals surface area contributed by atoms with Gasteiger partial charge in [0, 0.05) is 13.1 Å². The number of sulfonamides is 1. The molecule has 1 aliphatic heterocycles. The van der Waals surface area contributed by atoms with E-state index in [4.69, 9.17) is 32.7 Å². The summed E-state index contributed by atoms with van der Waals surface area (Å²) in [6.07, 6.45) is 0. The monoisotopic (exact) mass is 444 g/mol. The molecule has 2 aromatic rings. The highest BCUT2D eigenvalue weighted by atomic mass is 35.5. The van der Waals surface area contributed by atoms with Crippen molar-refractivity contribution in [3.8, 4) is 5.75 Å². The summed E-state index contributed by atoms with van der Waals surface area (Å²) in [5.74, 6) is -0.336. The maximum atomic E-state index is 12.9. The van der Waals surface area contributed by atoms with E-state index in [1.165, 1.54) is 29.6 Å². The number of nitrogens with one attached hydrogen (secondary N) is 1. The highest BCUT2D eigenvalue weighted by Crippen LogP contribution is 2.31. The van der Waals surface area contributed by atoms with Crippen LogP contribution in [0.5, 0.6) is 5.75 Å². The Balaban J connectivity index is 1.94. The molecule has 1 saturated heterocycles. The van der Waals surface area contributed by atoms with Gasteiger partial charge in [0.2, 0.25) is 10.0 Å². The average Bonchev–Trinajstić information content (AvgIpc) is 2.71. The predicted molar refractivity (Wildman–Crippen MR) is 107 cm³/mol. The van der Waals surface area contributed by atoms with E-state index in [0.717, 1.165) is 0 Å². The number of halogens is 2. The zero-order valence-corrected chi connectivity index (χ0v) is 17.3. The number of methoxy groups -OCH3 is 1. The highest BCUT2D eigenvalue weighted by Gasteiger charge is 2.28. The number of anilines is 1. The van der Waals surface area contributed by atoms with Gasteiger partial charge in [0.05, 0.1) is 46.5 Å². The van der Waals surface area contributed by atoms with E-state index in [-0.39, 0.29) is 39.3 Å². The van der Waals surface area contributed by atoms with Crippen LogP contribution in [0.3, 0.4) is 0 Å². The van der Waals surface area contributed by atoms with Gasteiger partial charge in [0.15, 0.2) is 0 Å². The lowest BCUT2D eigenvalue weighted by Crippen LogP contribution is -2.40. The molecule has 0 aliphatic carbocycles. The van der Waals surface area contributed by atoms with Crippen LogP contribution in [0.2, 0.25) is 10.0 Å². The minimum Gasteiger partial charge on any atom is -0.496 e. The van der Waals surface area contributed by atoms with E-state index in [0.29, 0.717) is 18.9 Å². The molecule has 1 amide bonds. The molecule has 0 radical (unpaired) electrons. The van der Waals surface area contributed by atoms with Crippen LogP contribution in [0.4, 0.5) is 5.69 Å². The topological polar surface area (TPSA) is 84.9 Å². The Morgan fingerprint density at radius 3 is 2.57 bits per heavy atom. The van der Waals surface area contributed by atoms with Crippen molar-refractivity contribution in [2.75, 3.05) is 38.7 Å². The molecule has 0 aromatic heterocycles. The van der Waals surface area contributed by atoms with Crippen molar-refractivity contribution in [3.63, 3.8) is 0 Å². The van der Waals surface area contributed by atoms with Crippen molar-refractivity contribution < 1.29 is 22.7 Å². The van der Waals surface area contributed by atoms with Gasteiger partial charge in [-0.25, -0.2) is 8.42 Å². The molecule has 1 heterocycles. The predicted octanol–water partition coefficient (Wildman–Crippen LogP) is 3.28. The standard InChI is InChI=1S/C18H18Cl2N2O5S/c1-26-16-6-5-12(28(24,25)22-7-9-27-10-8-22)11-13(16)18(23)21-15-4-2-3-14(19)17(15)20/h2-6,11H,7-10H2,1H3,(H,21,23). The lowest BCUT2D eigenvalue weighted by Gasteiger charge is -2.26. The number of carbonyl (C=O) groups excluding carboxylic acids is 1. The van der Waals surface area contributed by atoms with Crippen LogP contribution in [-0.2, 0) is 14.8 Å². The molecule has 150 valence electrons. The summed E-state index contributed by atoms with van der Waals surface area (Å²) >= 11 is 12.1. The molecular formula is C18H18Cl2N2O5S. The maximum absolute atomic E-state index is 12.9. The highest BCUT2D eigenvalue weighted by molar-refractivity contribution is 7.89. The van der Waals surface area contributed by atoms with E-state index < -0.39 is 15.9 Å².